The normalized spacial score (nSPS) is 22.0. The second-order valence-corrected chi connectivity index (χ2v) is 12.9. The summed E-state index contributed by atoms with van der Waals surface area (Å²) in [4.78, 5) is 31.2. The number of fused-ring (bicyclic) bond motifs is 1. The first-order valence-electron chi connectivity index (χ1n) is 12.1. The molecule has 8 nitrogen and oxygen atoms in total. The molecular formula is C24H34N4O4S2. The van der Waals surface area contributed by atoms with Crippen molar-refractivity contribution in [2.24, 2.45) is 11.8 Å². The summed E-state index contributed by atoms with van der Waals surface area (Å²) < 4.78 is 30.0. The molecule has 0 radical (unpaired) electrons. The van der Waals surface area contributed by atoms with Gasteiger partial charge < -0.3 is 5.32 Å². The molecule has 1 aliphatic carbocycles. The largest absolute Gasteiger partial charge is 0.354 e. The SMILES string of the molecule is Cc1sc2ncn(CC(=O)NCCC3=CCCCC3)c(=O)c2c1S(=O)(=O)N1CC(C)CC(C)C1. The van der Waals surface area contributed by atoms with Crippen molar-refractivity contribution in [2.75, 3.05) is 19.6 Å². The quantitative estimate of drug-likeness (QED) is 0.580. The summed E-state index contributed by atoms with van der Waals surface area (Å²) in [7, 11) is -3.85. The van der Waals surface area contributed by atoms with Gasteiger partial charge in [0.2, 0.25) is 15.9 Å². The molecule has 10 heteroatoms. The summed E-state index contributed by atoms with van der Waals surface area (Å²) in [6, 6.07) is 0. The predicted molar refractivity (Wildman–Crippen MR) is 134 cm³/mol. The van der Waals surface area contributed by atoms with Crippen LogP contribution in [-0.4, -0.2) is 47.8 Å². The third-order valence-corrected chi connectivity index (χ3v) is 9.85. The van der Waals surface area contributed by atoms with Crippen LogP contribution in [0.1, 0.15) is 57.2 Å². The van der Waals surface area contributed by atoms with Crippen LogP contribution in [0, 0.1) is 18.8 Å². The van der Waals surface area contributed by atoms with Crippen LogP contribution in [0.3, 0.4) is 0 Å². The fourth-order valence-corrected chi connectivity index (χ4v) is 8.52. The van der Waals surface area contributed by atoms with Crippen molar-refractivity contribution in [3.63, 3.8) is 0 Å². The Morgan fingerprint density at radius 1 is 1.24 bits per heavy atom. The third kappa shape index (κ3) is 5.28. The Morgan fingerprint density at radius 2 is 1.97 bits per heavy atom. The number of nitrogens with zero attached hydrogens (tertiary/aromatic N) is 3. The highest BCUT2D eigenvalue weighted by atomic mass is 32.2. The smallest absolute Gasteiger partial charge is 0.263 e. The zero-order valence-corrected chi connectivity index (χ0v) is 21.8. The zero-order chi connectivity index (χ0) is 24.5. The lowest BCUT2D eigenvalue weighted by atomic mass is 9.94. The molecule has 0 saturated carbocycles. The maximum atomic E-state index is 13.6. The van der Waals surface area contributed by atoms with Gasteiger partial charge in [0.1, 0.15) is 16.3 Å². The standard InChI is InChI=1S/C24H34N4O4S2/c1-16-11-17(2)13-28(12-16)34(31,32)22-18(3)33-23-21(22)24(30)27(15-26-23)14-20(29)25-10-9-19-7-5-4-6-8-19/h7,15-17H,4-6,8-14H2,1-3H3,(H,25,29). The summed E-state index contributed by atoms with van der Waals surface area (Å²) in [6.07, 6.45) is 10.00. The summed E-state index contributed by atoms with van der Waals surface area (Å²) >= 11 is 1.21. The average Bonchev–Trinajstić information content (AvgIpc) is 3.13. The third-order valence-electron chi connectivity index (χ3n) is 6.70. The number of sulfonamides is 1. The van der Waals surface area contributed by atoms with Crippen LogP contribution in [0.2, 0.25) is 0 Å². The van der Waals surface area contributed by atoms with E-state index in [1.54, 1.807) is 6.92 Å². The van der Waals surface area contributed by atoms with Gasteiger partial charge in [0.25, 0.3) is 5.56 Å². The second-order valence-electron chi connectivity index (χ2n) is 9.82. The number of nitrogens with one attached hydrogen (secondary N) is 1. The molecule has 186 valence electrons. The number of thiophene rings is 1. The lowest BCUT2D eigenvalue weighted by Crippen LogP contribution is -2.43. The van der Waals surface area contributed by atoms with Gasteiger partial charge in [-0.3, -0.25) is 14.2 Å². The Hall–Kier alpha value is -2.04. The molecule has 1 amide bonds. The minimum Gasteiger partial charge on any atom is -0.354 e. The maximum absolute atomic E-state index is 13.6. The van der Waals surface area contributed by atoms with Gasteiger partial charge in [-0.2, -0.15) is 4.31 Å². The molecule has 0 aromatic carbocycles. The average molecular weight is 507 g/mol. The summed E-state index contributed by atoms with van der Waals surface area (Å²) in [5.41, 5.74) is 0.882. The number of hydrogen-bond acceptors (Lipinski definition) is 6. The van der Waals surface area contributed by atoms with E-state index in [9.17, 15) is 18.0 Å². The number of aromatic nitrogens is 2. The number of carbonyl (C=O) groups excluding carboxylic acids is 1. The number of allylic oxidation sites excluding steroid dienone is 1. The minimum absolute atomic E-state index is 0.0466. The highest BCUT2D eigenvalue weighted by Crippen LogP contribution is 2.35. The molecule has 2 aromatic heterocycles. The topological polar surface area (TPSA) is 101 Å². The van der Waals surface area contributed by atoms with E-state index in [0.717, 1.165) is 25.7 Å². The van der Waals surface area contributed by atoms with E-state index in [2.05, 4.69) is 30.2 Å². The molecule has 2 aliphatic rings. The molecule has 1 fully saturated rings. The van der Waals surface area contributed by atoms with E-state index in [4.69, 9.17) is 0 Å². The zero-order valence-electron chi connectivity index (χ0n) is 20.2. The molecule has 0 bridgehead atoms. The van der Waals surface area contributed by atoms with Gasteiger partial charge in [-0.05, 0) is 57.3 Å². The molecule has 1 saturated heterocycles. The first kappa shape index (κ1) is 25.1. The van der Waals surface area contributed by atoms with Crippen LogP contribution >= 0.6 is 11.3 Å². The van der Waals surface area contributed by atoms with Gasteiger partial charge in [-0.15, -0.1) is 11.3 Å². The lowest BCUT2D eigenvalue weighted by Gasteiger charge is -2.34. The number of piperidine rings is 1. The molecule has 2 atom stereocenters. The van der Waals surface area contributed by atoms with E-state index >= 15 is 0 Å². The number of amides is 1. The van der Waals surface area contributed by atoms with Crippen LogP contribution in [0.4, 0.5) is 0 Å². The molecule has 3 heterocycles. The fourth-order valence-electron chi connectivity index (χ4n) is 5.17. The van der Waals surface area contributed by atoms with Gasteiger partial charge in [0, 0.05) is 24.5 Å². The van der Waals surface area contributed by atoms with Crippen molar-refractivity contribution in [1.82, 2.24) is 19.2 Å². The number of hydrogen-bond donors (Lipinski definition) is 1. The van der Waals surface area contributed by atoms with Crippen molar-refractivity contribution >= 4 is 37.5 Å². The Balaban J connectivity index is 1.56. The van der Waals surface area contributed by atoms with Crippen LogP contribution in [0.5, 0.6) is 0 Å². The lowest BCUT2D eigenvalue weighted by molar-refractivity contribution is -0.121. The van der Waals surface area contributed by atoms with Gasteiger partial charge in [0.05, 0.1) is 11.7 Å². The van der Waals surface area contributed by atoms with Crippen molar-refractivity contribution in [2.45, 2.75) is 70.7 Å². The Labute approximate surface area is 205 Å². The molecule has 2 unspecified atom stereocenters. The monoisotopic (exact) mass is 506 g/mol. The Bertz CT molecular complexity index is 1250. The maximum Gasteiger partial charge on any atom is 0.263 e. The highest BCUT2D eigenvalue weighted by molar-refractivity contribution is 7.89. The first-order chi connectivity index (χ1) is 16.2. The number of carbonyl (C=O) groups is 1. The van der Waals surface area contributed by atoms with Gasteiger partial charge in [-0.1, -0.05) is 25.5 Å². The van der Waals surface area contributed by atoms with Gasteiger partial charge >= 0.3 is 0 Å². The fraction of sp³-hybridized carbons (Fsp3) is 0.625. The van der Waals surface area contributed by atoms with Crippen molar-refractivity contribution in [3.05, 3.63) is 33.2 Å². The molecule has 4 rings (SSSR count). The van der Waals surface area contributed by atoms with Crippen molar-refractivity contribution in [3.8, 4) is 0 Å². The van der Waals surface area contributed by atoms with E-state index in [1.165, 1.54) is 45.0 Å². The number of rotatable bonds is 7. The second kappa shape index (κ2) is 10.3. The van der Waals surface area contributed by atoms with Crippen LogP contribution in [0.25, 0.3) is 10.2 Å². The van der Waals surface area contributed by atoms with E-state index in [-0.39, 0.29) is 34.6 Å². The molecule has 1 aliphatic heterocycles. The molecule has 1 N–H and O–H groups in total. The first-order valence-corrected chi connectivity index (χ1v) is 14.4. The summed E-state index contributed by atoms with van der Waals surface area (Å²) in [5, 5.41) is 2.97. The minimum atomic E-state index is -3.85. The Morgan fingerprint density at radius 3 is 2.65 bits per heavy atom. The summed E-state index contributed by atoms with van der Waals surface area (Å²) in [6.45, 7) is 7.04. The Kier molecular flexibility index (Phi) is 7.59. The van der Waals surface area contributed by atoms with Gasteiger partial charge in [-0.25, -0.2) is 13.4 Å². The van der Waals surface area contributed by atoms with Crippen LogP contribution in [-0.2, 0) is 21.4 Å². The predicted octanol–water partition coefficient (Wildman–Crippen LogP) is 3.44. The van der Waals surface area contributed by atoms with Crippen molar-refractivity contribution in [1.29, 1.82) is 0 Å². The molecular weight excluding hydrogens is 472 g/mol. The van der Waals surface area contributed by atoms with E-state index in [0.29, 0.717) is 29.3 Å². The van der Waals surface area contributed by atoms with E-state index < -0.39 is 15.6 Å². The molecule has 0 spiro atoms. The number of aryl methyl sites for hydroxylation is 1. The van der Waals surface area contributed by atoms with Crippen LogP contribution < -0.4 is 10.9 Å². The molecule has 34 heavy (non-hydrogen) atoms. The highest BCUT2D eigenvalue weighted by Gasteiger charge is 2.35. The van der Waals surface area contributed by atoms with Crippen LogP contribution in [0.15, 0.2) is 27.7 Å². The van der Waals surface area contributed by atoms with Gasteiger partial charge in [0.15, 0.2) is 0 Å². The van der Waals surface area contributed by atoms with Crippen molar-refractivity contribution < 1.29 is 13.2 Å². The molecule has 2 aromatic rings. The van der Waals surface area contributed by atoms with E-state index in [1.807, 2.05) is 0 Å². The summed E-state index contributed by atoms with van der Waals surface area (Å²) in [5.74, 6) is 0.230.